The second-order valence-electron chi connectivity index (χ2n) is 5.29. The zero-order chi connectivity index (χ0) is 15.9. The van der Waals surface area contributed by atoms with Gasteiger partial charge in [-0.2, -0.15) is 12.6 Å². The Hall–Kier alpha value is -1.44. The highest BCUT2D eigenvalue weighted by atomic mass is 32.1. The van der Waals surface area contributed by atoms with Crippen molar-refractivity contribution in [2.24, 2.45) is 5.41 Å². The Labute approximate surface area is 124 Å². The van der Waals surface area contributed by atoms with Crippen molar-refractivity contribution in [1.82, 2.24) is 16.0 Å². The third-order valence-electron chi connectivity index (χ3n) is 2.64. The molecule has 0 rings (SSSR count). The Morgan fingerprint density at radius 3 is 2.05 bits per heavy atom. The van der Waals surface area contributed by atoms with E-state index in [1.807, 2.05) is 0 Å². The number of ether oxygens (including phenoxy) is 1. The van der Waals surface area contributed by atoms with Crippen molar-refractivity contribution in [1.29, 1.82) is 0 Å². The first-order valence-corrected chi connectivity index (χ1v) is 6.78. The number of rotatable bonds is 5. The van der Waals surface area contributed by atoms with Crippen molar-refractivity contribution in [2.75, 3.05) is 19.9 Å². The standard InChI is InChI=1S/C12H23N3O4S/c1-12(2,3)8(15-11(18)19-5)10(17)14-7(6-20)9(16)13-4/h7-8,20H,6H2,1-5H3,(H,13,16)(H,14,17)(H,15,18). The Morgan fingerprint density at radius 2 is 1.70 bits per heavy atom. The monoisotopic (exact) mass is 305 g/mol. The van der Waals surface area contributed by atoms with E-state index < -0.39 is 29.5 Å². The summed E-state index contributed by atoms with van der Waals surface area (Å²) in [5.74, 6) is -0.662. The normalized spacial score (nSPS) is 13.9. The summed E-state index contributed by atoms with van der Waals surface area (Å²) in [5.41, 5.74) is -0.540. The summed E-state index contributed by atoms with van der Waals surface area (Å²) in [6, 6.07) is -1.60. The quantitative estimate of drug-likeness (QED) is 0.534. The van der Waals surface area contributed by atoms with Gasteiger partial charge in [-0.15, -0.1) is 0 Å². The minimum absolute atomic E-state index is 0.153. The predicted octanol–water partition coefficient (Wildman–Crippen LogP) is -0.0823. The van der Waals surface area contributed by atoms with E-state index in [1.54, 1.807) is 20.8 Å². The van der Waals surface area contributed by atoms with E-state index in [0.29, 0.717) is 0 Å². The molecule has 0 aliphatic carbocycles. The van der Waals surface area contributed by atoms with Crippen LogP contribution in [0.3, 0.4) is 0 Å². The highest BCUT2D eigenvalue weighted by Crippen LogP contribution is 2.19. The Balaban J connectivity index is 4.96. The van der Waals surface area contributed by atoms with Crippen LogP contribution >= 0.6 is 12.6 Å². The molecule has 3 N–H and O–H groups in total. The van der Waals surface area contributed by atoms with Gasteiger partial charge in [0.2, 0.25) is 11.8 Å². The zero-order valence-corrected chi connectivity index (χ0v) is 13.3. The summed E-state index contributed by atoms with van der Waals surface area (Å²) >= 11 is 4.03. The maximum Gasteiger partial charge on any atom is 0.407 e. The SMILES string of the molecule is CNC(=O)C(CS)NC(=O)C(NC(=O)OC)C(C)(C)C. The molecule has 0 aromatic carbocycles. The van der Waals surface area contributed by atoms with Gasteiger partial charge in [-0.05, 0) is 5.41 Å². The first-order valence-electron chi connectivity index (χ1n) is 6.14. The molecule has 0 aliphatic heterocycles. The van der Waals surface area contributed by atoms with E-state index in [-0.39, 0.29) is 11.7 Å². The van der Waals surface area contributed by atoms with E-state index in [0.717, 1.165) is 0 Å². The minimum atomic E-state index is -0.831. The fourth-order valence-corrected chi connectivity index (χ4v) is 1.73. The van der Waals surface area contributed by atoms with Gasteiger partial charge < -0.3 is 20.7 Å². The smallest absolute Gasteiger partial charge is 0.407 e. The van der Waals surface area contributed by atoms with Gasteiger partial charge in [0.25, 0.3) is 0 Å². The van der Waals surface area contributed by atoms with E-state index in [9.17, 15) is 14.4 Å². The number of carbonyl (C=O) groups is 3. The van der Waals surface area contributed by atoms with Crippen molar-refractivity contribution in [3.63, 3.8) is 0 Å². The number of methoxy groups -OCH3 is 1. The Bertz CT molecular complexity index is 368. The van der Waals surface area contributed by atoms with Gasteiger partial charge >= 0.3 is 6.09 Å². The first-order chi connectivity index (χ1) is 9.17. The lowest BCUT2D eigenvalue weighted by atomic mass is 9.86. The van der Waals surface area contributed by atoms with Crippen molar-refractivity contribution < 1.29 is 19.1 Å². The van der Waals surface area contributed by atoms with Crippen LogP contribution in [0, 0.1) is 5.41 Å². The van der Waals surface area contributed by atoms with Crippen molar-refractivity contribution in [3.05, 3.63) is 0 Å². The summed E-state index contributed by atoms with van der Waals surface area (Å²) in [5, 5.41) is 7.46. The first kappa shape index (κ1) is 18.6. The van der Waals surface area contributed by atoms with E-state index in [4.69, 9.17) is 0 Å². The molecular formula is C12H23N3O4S. The zero-order valence-electron chi connectivity index (χ0n) is 12.4. The number of carbonyl (C=O) groups excluding carboxylic acids is 3. The summed E-state index contributed by atoms with van der Waals surface area (Å²) in [6.45, 7) is 5.38. The largest absolute Gasteiger partial charge is 0.453 e. The van der Waals surface area contributed by atoms with Gasteiger partial charge in [0.15, 0.2) is 0 Å². The number of hydrogen-bond donors (Lipinski definition) is 4. The van der Waals surface area contributed by atoms with Gasteiger partial charge in [0, 0.05) is 12.8 Å². The molecule has 0 aliphatic rings. The Morgan fingerprint density at radius 1 is 1.15 bits per heavy atom. The third-order valence-corrected chi connectivity index (χ3v) is 3.00. The summed E-state index contributed by atoms with van der Waals surface area (Å²) in [7, 11) is 2.69. The molecule has 3 amide bonds. The number of thiol groups is 1. The summed E-state index contributed by atoms with van der Waals surface area (Å²) < 4.78 is 4.50. The van der Waals surface area contributed by atoms with Crippen LogP contribution in [-0.2, 0) is 14.3 Å². The van der Waals surface area contributed by atoms with Crippen molar-refractivity contribution in [3.8, 4) is 0 Å². The highest BCUT2D eigenvalue weighted by Gasteiger charge is 2.34. The lowest BCUT2D eigenvalue weighted by molar-refractivity contribution is -0.130. The van der Waals surface area contributed by atoms with Gasteiger partial charge in [0.05, 0.1) is 7.11 Å². The topological polar surface area (TPSA) is 96.5 Å². The lowest BCUT2D eigenvalue weighted by Gasteiger charge is -2.30. The molecule has 0 heterocycles. The fourth-order valence-electron chi connectivity index (χ4n) is 1.48. The molecule has 0 aromatic heterocycles. The minimum Gasteiger partial charge on any atom is -0.453 e. The molecule has 0 radical (unpaired) electrons. The molecule has 0 saturated carbocycles. The van der Waals surface area contributed by atoms with Crippen LogP contribution in [0.25, 0.3) is 0 Å². The molecule has 0 spiro atoms. The Kier molecular flexibility index (Phi) is 7.41. The number of alkyl carbamates (subject to hydrolysis) is 1. The van der Waals surface area contributed by atoms with Gasteiger partial charge in [-0.1, -0.05) is 20.8 Å². The summed E-state index contributed by atoms with van der Waals surface area (Å²) in [4.78, 5) is 35.1. The third kappa shape index (κ3) is 5.68. The number of nitrogens with one attached hydrogen (secondary N) is 3. The molecule has 0 aromatic rings. The number of likely N-dealkylation sites (N-methyl/N-ethyl adjacent to an activating group) is 1. The van der Waals surface area contributed by atoms with Crippen LogP contribution < -0.4 is 16.0 Å². The molecule has 0 fully saturated rings. The molecule has 116 valence electrons. The molecule has 2 unspecified atom stereocenters. The molecule has 20 heavy (non-hydrogen) atoms. The summed E-state index contributed by atoms with van der Waals surface area (Å²) in [6.07, 6.45) is -0.706. The van der Waals surface area contributed by atoms with Crippen LogP contribution in [0.1, 0.15) is 20.8 Å². The second kappa shape index (κ2) is 7.98. The maximum atomic E-state index is 12.2. The number of amides is 3. The van der Waals surface area contributed by atoms with Crippen LogP contribution in [-0.4, -0.2) is 49.9 Å². The molecule has 2 atom stereocenters. The predicted molar refractivity (Wildman–Crippen MR) is 78.6 cm³/mol. The van der Waals surface area contributed by atoms with Gasteiger partial charge in [0.1, 0.15) is 12.1 Å². The van der Waals surface area contributed by atoms with Crippen LogP contribution in [0.15, 0.2) is 0 Å². The van der Waals surface area contributed by atoms with Crippen LogP contribution in [0.5, 0.6) is 0 Å². The molecular weight excluding hydrogens is 282 g/mol. The molecule has 0 bridgehead atoms. The van der Waals surface area contributed by atoms with Crippen LogP contribution in [0.4, 0.5) is 4.79 Å². The van der Waals surface area contributed by atoms with E-state index >= 15 is 0 Å². The van der Waals surface area contributed by atoms with Crippen LogP contribution in [0.2, 0.25) is 0 Å². The fraction of sp³-hybridized carbons (Fsp3) is 0.750. The molecule has 7 nitrogen and oxygen atoms in total. The second-order valence-corrected chi connectivity index (χ2v) is 5.66. The number of hydrogen-bond acceptors (Lipinski definition) is 5. The van der Waals surface area contributed by atoms with E-state index in [2.05, 4.69) is 33.3 Å². The average molecular weight is 305 g/mol. The lowest BCUT2D eigenvalue weighted by Crippen LogP contribution is -2.58. The highest BCUT2D eigenvalue weighted by molar-refractivity contribution is 7.80. The van der Waals surface area contributed by atoms with Crippen molar-refractivity contribution >= 4 is 30.5 Å². The van der Waals surface area contributed by atoms with E-state index in [1.165, 1.54) is 14.2 Å². The van der Waals surface area contributed by atoms with Gasteiger partial charge in [-0.3, -0.25) is 9.59 Å². The maximum absolute atomic E-state index is 12.2. The average Bonchev–Trinajstić information content (AvgIpc) is 2.39. The molecule has 8 heteroatoms. The van der Waals surface area contributed by atoms with Crippen molar-refractivity contribution in [2.45, 2.75) is 32.9 Å². The van der Waals surface area contributed by atoms with Gasteiger partial charge in [-0.25, -0.2) is 4.79 Å². The molecule has 0 saturated heterocycles.